The van der Waals surface area contributed by atoms with E-state index < -0.39 is 0 Å². The van der Waals surface area contributed by atoms with Crippen LogP contribution >= 0.6 is 15.9 Å². The van der Waals surface area contributed by atoms with Crippen LogP contribution in [0, 0.1) is 11.3 Å². The molecular formula is C13H19BrN4. The quantitative estimate of drug-likeness (QED) is 0.938. The molecule has 5 heteroatoms. The molecule has 0 unspecified atom stereocenters. The van der Waals surface area contributed by atoms with E-state index in [0.29, 0.717) is 11.9 Å². The Morgan fingerprint density at radius 2 is 2.17 bits per heavy atom. The van der Waals surface area contributed by atoms with Gasteiger partial charge < -0.3 is 5.32 Å². The van der Waals surface area contributed by atoms with Gasteiger partial charge in [0.2, 0.25) is 5.95 Å². The van der Waals surface area contributed by atoms with Crippen LogP contribution in [0.4, 0.5) is 5.95 Å². The second-order valence-electron chi connectivity index (χ2n) is 5.56. The van der Waals surface area contributed by atoms with Gasteiger partial charge in [-0.05, 0) is 39.4 Å². The summed E-state index contributed by atoms with van der Waals surface area (Å²) in [6.07, 6.45) is 1.89. The smallest absolute Gasteiger partial charge is 0.243 e. The Morgan fingerprint density at radius 3 is 2.78 bits per heavy atom. The number of nitrogens with one attached hydrogen (secondary N) is 1. The lowest BCUT2D eigenvalue weighted by Gasteiger charge is -2.28. The maximum Gasteiger partial charge on any atom is 0.243 e. The van der Waals surface area contributed by atoms with Gasteiger partial charge in [0, 0.05) is 12.7 Å². The Morgan fingerprint density at radius 1 is 1.44 bits per heavy atom. The second-order valence-corrected chi connectivity index (χ2v) is 6.41. The molecule has 0 aliphatic rings. The van der Waals surface area contributed by atoms with Gasteiger partial charge in [0.05, 0.1) is 4.47 Å². The highest BCUT2D eigenvalue weighted by molar-refractivity contribution is 9.10. The highest BCUT2D eigenvalue weighted by Gasteiger charge is 2.22. The number of fused-ring (bicyclic) bond motifs is 1. The molecule has 0 radical (unpaired) electrons. The van der Waals surface area contributed by atoms with Crippen molar-refractivity contribution in [3.05, 3.63) is 22.8 Å². The summed E-state index contributed by atoms with van der Waals surface area (Å²) in [7, 11) is 0. The zero-order chi connectivity index (χ0) is 13.3. The summed E-state index contributed by atoms with van der Waals surface area (Å²) in [5.74, 6) is 1.28. The van der Waals surface area contributed by atoms with Gasteiger partial charge in [-0.1, -0.05) is 27.7 Å². The molecular weight excluding hydrogens is 292 g/mol. The summed E-state index contributed by atoms with van der Waals surface area (Å²) < 4.78 is 2.73. The molecule has 18 heavy (non-hydrogen) atoms. The first-order valence-corrected chi connectivity index (χ1v) is 6.94. The number of aromatic nitrogens is 3. The van der Waals surface area contributed by atoms with Crippen LogP contribution in [0.2, 0.25) is 0 Å². The molecule has 0 saturated carbocycles. The Hall–Kier alpha value is -1.10. The van der Waals surface area contributed by atoms with Crippen LogP contribution in [0.25, 0.3) is 5.65 Å². The van der Waals surface area contributed by atoms with Crippen molar-refractivity contribution in [3.8, 4) is 0 Å². The van der Waals surface area contributed by atoms with Crippen molar-refractivity contribution in [2.45, 2.75) is 27.7 Å². The zero-order valence-electron chi connectivity index (χ0n) is 11.2. The van der Waals surface area contributed by atoms with E-state index in [9.17, 15) is 0 Å². The third-order valence-electron chi connectivity index (χ3n) is 3.58. The first-order chi connectivity index (χ1) is 8.40. The number of anilines is 1. The van der Waals surface area contributed by atoms with Crippen LogP contribution in [-0.4, -0.2) is 21.1 Å². The van der Waals surface area contributed by atoms with Crippen LogP contribution in [0.1, 0.15) is 27.7 Å². The summed E-state index contributed by atoms with van der Waals surface area (Å²) >= 11 is 3.47. The average molecular weight is 311 g/mol. The van der Waals surface area contributed by atoms with E-state index in [-0.39, 0.29) is 5.41 Å². The summed E-state index contributed by atoms with van der Waals surface area (Å²) in [5, 5.41) is 7.72. The third-order valence-corrected chi connectivity index (χ3v) is 4.20. The fraction of sp³-hybridized carbons (Fsp3) is 0.538. The van der Waals surface area contributed by atoms with Crippen molar-refractivity contribution in [1.29, 1.82) is 0 Å². The van der Waals surface area contributed by atoms with E-state index >= 15 is 0 Å². The summed E-state index contributed by atoms with van der Waals surface area (Å²) in [6, 6.07) is 3.90. The minimum absolute atomic E-state index is 0.217. The molecule has 0 saturated heterocycles. The monoisotopic (exact) mass is 310 g/mol. The minimum atomic E-state index is 0.217. The van der Waals surface area contributed by atoms with Gasteiger partial charge in [0.25, 0.3) is 0 Å². The van der Waals surface area contributed by atoms with E-state index in [1.54, 1.807) is 4.52 Å². The molecule has 98 valence electrons. The van der Waals surface area contributed by atoms with Gasteiger partial charge in [-0.25, -0.2) is 4.52 Å². The van der Waals surface area contributed by atoms with Crippen molar-refractivity contribution >= 4 is 27.5 Å². The molecule has 0 spiro atoms. The SMILES string of the molecule is CC(C)C(C)(C)CNc1nc2c(Br)cccn2n1. The maximum atomic E-state index is 4.47. The van der Waals surface area contributed by atoms with Crippen LogP contribution in [0.3, 0.4) is 0 Å². The maximum absolute atomic E-state index is 4.47. The average Bonchev–Trinajstić information content (AvgIpc) is 2.71. The van der Waals surface area contributed by atoms with Gasteiger partial charge in [-0.3, -0.25) is 0 Å². The highest BCUT2D eigenvalue weighted by atomic mass is 79.9. The van der Waals surface area contributed by atoms with Crippen LogP contribution in [0.15, 0.2) is 22.8 Å². The molecule has 0 fully saturated rings. The normalized spacial score (nSPS) is 12.3. The summed E-state index contributed by atoms with van der Waals surface area (Å²) in [4.78, 5) is 4.47. The van der Waals surface area contributed by atoms with E-state index in [1.165, 1.54) is 0 Å². The lowest BCUT2D eigenvalue weighted by Crippen LogP contribution is -2.28. The zero-order valence-corrected chi connectivity index (χ0v) is 12.8. The number of hydrogen-bond acceptors (Lipinski definition) is 3. The Balaban J connectivity index is 2.16. The van der Waals surface area contributed by atoms with E-state index in [1.807, 2.05) is 18.3 Å². The van der Waals surface area contributed by atoms with Crippen molar-refractivity contribution in [2.24, 2.45) is 11.3 Å². The van der Waals surface area contributed by atoms with Crippen molar-refractivity contribution in [2.75, 3.05) is 11.9 Å². The summed E-state index contributed by atoms with van der Waals surface area (Å²) in [5.41, 5.74) is 1.05. The molecule has 2 aromatic rings. The molecule has 0 aromatic carbocycles. The highest BCUT2D eigenvalue weighted by Crippen LogP contribution is 2.26. The van der Waals surface area contributed by atoms with Gasteiger partial charge >= 0.3 is 0 Å². The fourth-order valence-electron chi connectivity index (χ4n) is 1.46. The molecule has 0 amide bonds. The standard InChI is InChI=1S/C13H19BrN4/c1-9(2)13(3,4)8-15-12-16-11-10(14)6-5-7-18(11)17-12/h5-7,9H,8H2,1-4H3,(H,15,17). The van der Waals surface area contributed by atoms with E-state index in [2.05, 4.69) is 59.0 Å². The minimum Gasteiger partial charge on any atom is -0.352 e. The van der Waals surface area contributed by atoms with Gasteiger partial charge in [-0.15, -0.1) is 5.10 Å². The molecule has 2 rings (SSSR count). The fourth-order valence-corrected chi connectivity index (χ4v) is 1.88. The lowest BCUT2D eigenvalue weighted by molar-refractivity contribution is 0.269. The van der Waals surface area contributed by atoms with Crippen LogP contribution in [0.5, 0.6) is 0 Å². The van der Waals surface area contributed by atoms with Crippen molar-refractivity contribution < 1.29 is 0 Å². The van der Waals surface area contributed by atoms with Gasteiger partial charge in [0.15, 0.2) is 5.65 Å². The number of hydrogen-bond donors (Lipinski definition) is 1. The molecule has 0 bridgehead atoms. The Labute approximate surface area is 116 Å². The number of rotatable bonds is 4. The van der Waals surface area contributed by atoms with Gasteiger partial charge in [0.1, 0.15) is 0 Å². The molecule has 2 heterocycles. The van der Waals surface area contributed by atoms with Gasteiger partial charge in [-0.2, -0.15) is 4.98 Å². The number of pyridine rings is 1. The summed E-state index contributed by atoms with van der Waals surface area (Å²) in [6.45, 7) is 9.82. The number of halogens is 1. The molecule has 0 aliphatic heterocycles. The largest absolute Gasteiger partial charge is 0.352 e. The molecule has 0 atom stereocenters. The van der Waals surface area contributed by atoms with Crippen molar-refractivity contribution in [3.63, 3.8) is 0 Å². The molecule has 2 aromatic heterocycles. The number of nitrogens with zero attached hydrogens (tertiary/aromatic N) is 3. The second kappa shape index (κ2) is 4.88. The van der Waals surface area contributed by atoms with Crippen LogP contribution < -0.4 is 5.32 Å². The Bertz CT molecular complexity index is 545. The molecule has 1 N–H and O–H groups in total. The van der Waals surface area contributed by atoms with Crippen molar-refractivity contribution in [1.82, 2.24) is 14.6 Å². The third kappa shape index (κ3) is 2.66. The van der Waals surface area contributed by atoms with E-state index in [0.717, 1.165) is 16.7 Å². The lowest BCUT2D eigenvalue weighted by atomic mass is 9.81. The Kier molecular flexibility index (Phi) is 3.61. The first kappa shape index (κ1) is 13.3. The predicted octanol–water partition coefficient (Wildman–Crippen LogP) is 3.59. The predicted molar refractivity (Wildman–Crippen MR) is 77.8 cm³/mol. The molecule has 0 aliphatic carbocycles. The first-order valence-electron chi connectivity index (χ1n) is 6.15. The van der Waals surface area contributed by atoms with Crippen LogP contribution in [-0.2, 0) is 0 Å². The topological polar surface area (TPSA) is 42.2 Å². The molecule has 4 nitrogen and oxygen atoms in total. The van der Waals surface area contributed by atoms with E-state index in [4.69, 9.17) is 0 Å².